The number of sulfonamides is 1. The topological polar surface area (TPSA) is 72.9 Å². The van der Waals surface area contributed by atoms with E-state index in [2.05, 4.69) is 4.74 Å². The van der Waals surface area contributed by atoms with Crippen LogP contribution in [0, 0.1) is 0 Å². The van der Waals surface area contributed by atoms with Crippen molar-refractivity contribution < 1.29 is 35.9 Å². The van der Waals surface area contributed by atoms with E-state index in [1.165, 1.54) is 7.11 Å². The molecule has 0 bridgehead atoms. The first kappa shape index (κ1) is 29.5. The van der Waals surface area contributed by atoms with E-state index in [-0.39, 0.29) is 30.8 Å². The second-order valence-corrected chi connectivity index (χ2v) is 11.4. The maximum absolute atomic E-state index is 13.8. The van der Waals surface area contributed by atoms with Crippen molar-refractivity contribution >= 4 is 44.9 Å². The number of carbonyl (C=O) groups excluding carboxylic acids is 1. The second-order valence-electron chi connectivity index (χ2n) is 9.15. The third-order valence-corrected chi connectivity index (χ3v) is 8.61. The fraction of sp³-hybridized carbons (Fsp3) is 0.276. The number of methoxy groups -OCH3 is 1. The van der Waals surface area contributed by atoms with Crippen LogP contribution in [0.4, 0.5) is 18.9 Å². The monoisotopic (exact) mass is 593 g/mol. The van der Waals surface area contributed by atoms with Crippen LogP contribution in [0.5, 0.6) is 5.75 Å². The number of hydrogen-bond acceptors (Lipinski definition) is 5. The maximum atomic E-state index is 13.8. The van der Waals surface area contributed by atoms with Crippen LogP contribution in [-0.4, -0.2) is 34.1 Å². The molecule has 1 atom stereocenters. The molecule has 6 nitrogen and oxygen atoms in total. The van der Waals surface area contributed by atoms with E-state index in [1.807, 2.05) is 31.2 Å². The molecule has 0 spiro atoms. The van der Waals surface area contributed by atoms with E-state index in [0.717, 1.165) is 33.6 Å². The predicted molar refractivity (Wildman–Crippen MR) is 148 cm³/mol. The van der Waals surface area contributed by atoms with Gasteiger partial charge in [-0.05, 0) is 65.9 Å². The molecule has 0 radical (unpaired) electrons. The highest BCUT2D eigenvalue weighted by Gasteiger charge is 2.37. The number of ether oxygens (including phenoxy) is 2. The highest BCUT2D eigenvalue weighted by molar-refractivity contribution is 7.92. The van der Waals surface area contributed by atoms with Crippen LogP contribution in [0.3, 0.4) is 0 Å². The Labute approximate surface area is 236 Å². The van der Waals surface area contributed by atoms with Crippen molar-refractivity contribution in [2.45, 2.75) is 43.4 Å². The molecule has 11 heteroatoms. The van der Waals surface area contributed by atoms with Crippen LogP contribution < -0.4 is 9.04 Å². The van der Waals surface area contributed by atoms with Crippen LogP contribution in [-0.2, 0) is 25.7 Å². The minimum absolute atomic E-state index is 0.0214. The summed E-state index contributed by atoms with van der Waals surface area (Å²) in [5, 5.41) is 0.569. The molecule has 3 aromatic carbocycles. The molecule has 0 unspecified atom stereocenters. The molecule has 4 rings (SSSR count). The Morgan fingerprint density at radius 3 is 2.55 bits per heavy atom. The van der Waals surface area contributed by atoms with Crippen LogP contribution >= 0.6 is 11.6 Å². The lowest BCUT2D eigenvalue weighted by Gasteiger charge is -2.35. The Balaban J connectivity index is 1.79. The van der Waals surface area contributed by atoms with Gasteiger partial charge in [-0.15, -0.1) is 0 Å². The minimum atomic E-state index is -4.72. The molecule has 0 aromatic heterocycles. The number of esters is 1. The maximum Gasteiger partial charge on any atom is 0.416 e. The molecular formula is C29H27ClF3NO5S. The van der Waals surface area contributed by atoms with Crippen molar-refractivity contribution in [2.75, 3.05) is 18.0 Å². The molecule has 1 aliphatic heterocycles. The fourth-order valence-corrected chi connectivity index (χ4v) is 6.23. The summed E-state index contributed by atoms with van der Waals surface area (Å²) in [6.07, 6.45) is -2.81. The van der Waals surface area contributed by atoms with Gasteiger partial charge in [0.2, 0.25) is 0 Å². The summed E-state index contributed by atoms with van der Waals surface area (Å²) in [6.45, 7) is 1.76. The lowest BCUT2D eigenvalue weighted by atomic mass is 10.00. The smallest absolute Gasteiger partial charge is 0.416 e. The average Bonchev–Trinajstić information content (AvgIpc) is 2.94. The van der Waals surface area contributed by atoms with Crippen molar-refractivity contribution in [3.63, 3.8) is 0 Å². The van der Waals surface area contributed by atoms with Crippen LogP contribution in [0.25, 0.3) is 11.6 Å². The quantitative estimate of drug-likeness (QED) is 0.204. The lowest BCUT2D eigenvalue weighted by molar-refractivity contribution is -0.141. The van der Waals surface area contributed by atoms with Crippen LogP contribution in [0.1, 0.15) is 42.9 Å². The molecule has 0 amide bonds. The number of allylic oxidation sites excluding steroid dienone is 1. The van der Waals surface area contributed by atoms with Gasteiger partial charge in [0, 0.05) is 11.4 Å². The van der Waals surface area contributed by atoms with Crippen LogP contribution in [0.2, 0.25) is 5.02 Å². The normalized spacial score (nSPS) is 15.8. The third kappa shape index (κ3) is 6.45. The molecule has 0 N–H and O–H groups in total. The minimum Gasteiger partial charge on any atom is -0.486 e. The summed E-state index contributed by atoms with van der Waals surface area (Å²) in [7, 11) is -3.21. The van der Waals surface area contributed by atoms with E-state index in [1.54, 1.807) is 24.3 Å². The molecular weight excluding hydrogens is 567 g/mol. The molecule has 1 heterocycles. The van der Waals surface area contributed by atoms with E-state index >= 15 is 0 Å². The standard InChI is InChI=1S/C29H27ClF3NO5S/c1-3-20(24-9-4-5-10-25(24)30)15-19-11-13-27-26(16-19)34(18-22(39-27)12-14-28(35)38-2)40(36,37)23-8-6-7-21(17-23)29(31,32)33/h4-11,13,15-17,22H,3,12,14,18H2,1-2H3/b20-15+/t22-/m0/s1. The molecule has 3 aromatic rings. The number of benzene rings is 3. The van der Waals surface area contributed by atoms with Gasteiger partial charge in [-0.3, -0.25) is 9.10 Å². The summed E-state index contributed by atoms with van der Waals surface area (Å²) in [5.41, 5.74) is 1.49. The van der Waals surface area contributed by atoms with Crippen molar-refractivity contribution in [3.8, 4) is 5.75 Å². The van der Waals surface area contributed by atoms with Gasteiger partial charge in [0.05, 0.1) is 29.8 Å². The molecule has 0 aliphatic carbocycles. The summed E-state index contributed by atoms with van der Waals surface area (Å²) >= 11 is 6.39. The zero-order chi connectivity index (χ0) is 29.1. The number of rotatable bonds is 8. The largest absolute Gasteiger partial charge is 0.486 e. The molecule has 40 heavy (non-hydrogen) atoms. The van der Waals surface area contributed by atoms with Gasteiger partial charge in [0.15, 0.2) is 0 Å². The Morgan fingerprint density at radius 2 is 1.88 bits per heavy atom. The zero-order valence-electron chi connectivity index (χ0n) is 21.7. The van der Waals surface area contributed by atoms with Crippen LogP contribution in [0.15, 0.2) is 71.6 Å². The summed E-state index contributed by atoms with van der Waals surface area (Å²) in [4.78, 5) is 11.2. The number of halogens is 4. The van der Waals surface area contributed by atoms with Gasteiger partial charge >= 0.3 is 12.1 Å². The summed E-state index contributed by atoms with van der Waals surface area (Å²) in [5.74, 6) is -0.265. The number of fused-ring (bicyclic) bond motifs is 1. The first-order valence-electron chi connectivity index (χ1n) is 12.5. The van der Waals surface area contributed by atoms with Crippen molar-refractivity contribution in [3.05, 3.63) is 88.4 Å². The number of anilines is 1. The highest BCUT2D eigenvalue weighted by atomic mass is 35.5. The molecule has 0 fully saturated rings. The predicted octanol–water partition coefficient (Wildman–Crippen LogP) is 7.22. The van der Waals surface area contributed by atoms with Crippen molar-refractivity contribution in [1.82, 2.24) is 0 Å². The van der Waals surface area contributed by atoms with Gasteiger partial charge in [-0.2, -0.15) is 13.2 Å². The molecule has 0 saturated carbocycles. The van der Waals surface area contributed by atoms with Crippen molar-refractivity contribution in [1.29, 1.82) is 0 Å². The lowest BCUT2D eigenvalue weighted by Crippen LogP contribution is -2.43. The van der Waals surface area contributed by atoms with Gasteiger partial charge in [0.25, 0.3) is 10.0 Å². The highest BCUT2D eigenvalue weighted by Crippen LogP contribution is 2.40. The first-order valence-corrected chi connectivity index (χ1v) is 14.3. The van der Waals surface area contributed by atoms with E-state index in [9.17, 15) is 26.4 Å². The SMILES string of the molecule is CC/C(=C\c1ccc2c(c1)N(S(=O)(=O)c1cccc(C(F)(F)F)c1)C[C@H](CCC(=O)OC)O2)c1ccccc1Cl. The number of carbonyl (C=O) groups is 1. The Morgan fingerprint density at radius 1 is 1.12 bits per heavy atom. The van der Waals surface area contributed by atoms with Gasteiger partial charge in [0.1, 0.15) is 11.9 Å². The number of hydrogen-bond donors (Lipinski definition) is 0. The Kier molecular flexibility index (Phi) is 8.80. The summed E-state index contributed by atoms with van der Waals surface area (Å²) in [6, 6.07) is 15.9. The number of nitrogens with zero attached hydrogens (tertiary/aromatic N) is 1. The molecule has 1 aliphatic rings. The van der Waals surface area contributed by atoms with E-state index < -0.39 is 38.7 Å². The zero-order valence-corrected chi connectivity index (χ0v) is 23.3. The van der Waals surface area contributed by atoms with Crippen molar-refractivity contribution in [2.24, 2.45) is 0 Å². The van der Waals surface area contributed by atoms with Gasteiger partial charge in [-0.1, -0.05) is 54.9 Å². The Bertz CT molecular complexity index is 1540. The molecule has 0 saturated heterocycles. The first-order chi connectivity index (χ1) is 18.9. The second kappa shape index (κ2) is 11.9. The van der Waals surface area contributed by atoms with Gasteiger partial charge < -0.3 is 9.47 Å². The van der Waals surface area contributed by atoms with E-state index in [0.29, 0.717) is 23.1 Å². The third-order valence-electron chi connectivity index (χ3n) is 6.50. The fourth-order valence-electron chi connectivity index (χ4n) is 4.43. The molecule has 212 valence electrons. The van der Waals surface area contributed by atoms with E-state index in [4.69, 9.17) is 16.3 Å². The Hall–Kier alpha value is -3.50. The average molecular weight is 594 g/mol. The number of alkyl halides is 3. The van der Waals surface area contributed by atoms with Gasteiger partial charge in [-0.25, -0.2) is 8.42 Å². The summed E-state index contributed by atoms with van der Waals surface area (Å²) < 4.78 is 79.5.